The Labute approximate surface area is 99.7 Å². The van der Waals surface area contributed by atoms with Crippen LogP contribution in [0.4, 0.5) is 11.6 Å². The second-order valence-electron chi connectivity index (χ2n) is 3.46. The summed E-state index contributed by atoms with van der Waals surface area (Å²) in [5.41, 5.74) is 6.73. The van der Waals surface area contributed by atoms with Crippen molar-refractivity contribution < 1.29 is 4.74 Å². The molecule has 17 heavy (non-hydrogen) atoms. The van der Waals surface area contributed by atoms with Gasteiger partial charge >= 0.3 is 0 Å². The molecule has 0 saturated carbocycles. The second-order valence-corrected chi connectivity index (χ2v) is 3.46. The van der Waals surface area contributed by atoms with Crippen LogP contribution >= 0.6 is 0 Å². The van der Waals surface area contributed by atoms with E-state index in [0.717, 1.165) is 11.3 Å². The van der Waals surface area contributed by atoms with Gasteiger partial charge in [-0.2, -0.15) is 0 Å². The highest BCUT2D eigenvalue weighted by Crippen LogP contribution is 2.19. The minimum Gasteiger partial charge on any atom is -0.496 e. The number of ether oxygens (including phenoxy) is 1. The summed E-state index contributed by atoms with van der Waals surface area (Å²) in [4.78, 5) is 8.06. The van der Waals surface area contributed by atoms with E-state index in [0.29, 0.717) is 18.2 Å². The van der Waals surface area contributed by atoms with Crippen LogP contribution in [0.2, 0.25) is 0 Å². The summed E-state index contributed by atoms with van der Waals surface area (Å²) in [6, 6.07) is 7.79. The van der Waals surface area contributed by atoms with Gasteiger partial charge in [0.1, 0.15) is 5.75 Å². The number of para-hydroxylation sites is 1. The number of methoxy groups -OCH3 is 1. The molecule has 0 bridgehead atoms. The lowest BCUT2D eigenvalue weighted by Crippen LogP contribution is -2.06. The van der Waals surface area contributed by atoms with Crippen LogP contribution in [-0.4, -0.2) is 17.1 Å². The molecule has 0 atom stereocenters. The lowest BCUT2D eigenvalue weighted by atomic mass is 10.2. The molecule has 0 saturated heterocycles. The van der Waals surface area contributed by atoms with Crippen LogP contribution in [-0.2, 0) is 6.54 Å². The van der Waals surface area contributed by atoms with E-state index in [1.165, 1.54) is 0 Å². The number of hydrogen-bond acceptors (Lipinski definition) is 5. The van der Waals surface area contributed by atoms with Crippen molar-refractivity contribution in [2.24, 2.45) is 0 Å². The van der Waals surface area contributed by atoms with Gasteiger partial charge in [-0.3, -0.25) is 0 Å². The van der Waals surface area contributed by atoms with E-state index >= 15 is 0 Å². The molecule has 0 aliphatic heterocycles. The quantitative estimate of drug-likeness (QED) is 0.836. The number of aromatic nitrogens is 2. The molecule has 0 unspecified atom stereocenters. The van der Waals surface area contributed by atoms with Crippen LogP contribution in [0.1, 0.15) is 5.56 Å². The topological polar surface area (TPSA) is 73.1 Å². The SMILES string of the molecule is COc1ccccc1CNc1nccnc1N. The van der Waals surface area contributed by atoms with E-state index in [2.05, 4.69) is 15.3 Å². The Balaban J connectivity index is 2.10. The van der Waals surface area contributed by atoms with Gasteiger partial charge in [0.25, 0.3) is 0 Å². The monoisotopic (exact) mass is 230 g/mol. The van der Waals surface area contributed by atoms with Gasteiger partial charge in [-0.25, -0.2) is 9.97 Å². The summed E-state index contributed by atoms with van der Waals surface area (Å²) in [7, 11) is 1.65. The molecule has 2 aromatic rings. The lowest BCUT2D eigenvalue weighted by molar-refractivity contribution is 0.410. The summed E-state index contributed by atoms with van der Waals surface area (Å²) in [5, 5.41) is 3.13. The van der Waals surface area contributed by atoms with Gasteiger partial charge in [-0.15, -0.1) is 0 Å². The molecule has 0 radical (unpaired) electrons. The molecule has 88 valence electrons. The molecular weight excluding hydrogens is 216 g/mol. The van der Waals surface area contributed by atoms with Gasteiger partial charge in [0.05, 0.1) is 7.11 Å². The Morgan fingerprint density at radius 2 is 2.00 bits per heavy atom. The average molecular weight is 230 g/mol. The predicted octanol–water partition coefficient (Wildman–Crippen LogP) is 1.68. The van der Waals surface area contributed by atoms with Crippen LogP contribution in [0.25, 0.3) is 0 Å². The highest BCUT2D eigenvalue weighted by molar-refractivity contribution is 5.55. The summed E-state index contributed by atoms with van der Waals surface area (Å²) in [6.45, 7) is 0.590. The van der Waals surface area contributed by atoms with E-state index in [1.807, 2.05) is 24.3 Å². The molecule has 0 amide bonds. The van der Waals surface area contributed by atoms with Crippen LogP contribution in [0, 0.1) is 0 Å². The van der Waals surface area contributed by atoms with Crippen molar-refractivity contribution in [3.8, 4) is 5.75 Å². The maximum atomic E-state index is 5.69. The highest BCUT2D eigenvalue weighted by atomic mass is 16.5. The fraction of sp³-hybridized carbons (Fsp3) is 0.167. The Hall–Kier alpha value is -2.30. The number of benzene rings is 1. The van der Waals surface area contributed by atoms with E-state index in [4.69, 9.17) is 10.5 Å². The molecule has 0 spiro atoms. The zero-order valence-corrected chi connectivity index (χ0v) is 9.55. The van der Waals surface area contributed by atoms with Gasteiger partial charge in [0.2, 0.25) is 0 Å². The Morgan fingerprint density at radius 1 is 1.24 bits per heavy atom. The zero-order chi connectivity index (χ0) is 12.1. The van der Waals surface area contributed by atoms with E-state index in [-0.39, 0.29) is 0 Å². The van der Waals surface area contributed by atoms with Crippen molar-refractivity contribution in [2.75, 3.05) is 18.2 Å². The number of anilines is 2. The second kappa shape index (κ2) is 5.16. The van der Waals surface area contributed by atoms with Crippen molar-refractivity contribution in [3.63, 3.8) is 0 Å². The first-order valence-electron chi connectivity index (χ1n) is 5.23. The highest BCUT2D eigenvalue weighted by Gasteiger charge is 2.03. The van der Waals surface area contributed by atoms with Crippen molar-refractivity contribution in [2.45, 2.75) is 6.54 Å². The van der Waals surface area contributed by atoms with Gasteiger partial charge in [-0.1, -0.05) is 18.2 Å². The molecule has 2 rings (SSSR count). The lowest BCUT2D eigenvalue weighted by Gasteiger charge is -2.10. The van der Waals surface area contributed by atoms with E-state index in [9.17, 15) is 0 Å². The van der Waals surface area contributed by atoms with Crippen LogP contribution in [0.3, 0.4) is 0 Å². The smallest absolute Gasteiger partial charge is 0.169 e. The van der Waals surface area contributed by atoms with Gasteiger partial charge in [-0.05, 0) is 6.07 Å². The standard InChI is InChI=1S/C12H14N4O/c1-17-10-5-3-2-4-9(10)8-16-12-11(13)14-6-7-15-12/h2-7H,8H2,1H3,(H2,13,14)(H,15,16). The molecule has 0 aliphatic rings. The van der Waals surface area contributed by atoms with E-state index < -0.39 is 0 Å². The summed E-state index contributed by atoms with van der Waals surface area (Å²) >= 11 is 0. The largest absolute Gasteiger partial charge is 0.496 e. The maximum Gasteiger partial charge on any atom is 0.169 e. The first-order chi connectivity index (χ1) is 8.31. The van der Waals surface area contributed by atoms with Crippen molar-refractivity contribution >= 4 is 11.6 Å². The molecule has 1 aromatic heterocycles. The predicted molar refractivity (Wildman–Crippen MR) is 66.8 cm³/mol. The van der Waals surface area contributed by atoms with Crippen molar-refractivity contribution in [1.29, 1.82) is 0 Å². The van der Waals surface area contributed by atoms with Crippen molar-refractivity contribution in [1.82, 2.24) is 9.97 Å². The normalized spacial score (nSPS) is 9.94. The number of nitrogens with one attached hydrogen (secondary N) is 1. The molecule has 1 aromatic carbocycles. The summed E-state index contributed by atoms with van der Waals surface area (Å²) in [5.74, 6) is 1.81. The molecule has 3 N–H and O–H groups in total. The third kappa shape index (κ3) is 2.63. The molecule has 0 fully saturated rings. The van der Waals surface area contributed by atoms with Gasteiger partial charge < -0.3 is 15.8 Å². The van der Waals surface area contributed by atoms with Crippen LogP contribution in [0.5, 0.6) is 5.75 Å². The molecular formula is C12H14N4O. The first kappa shape index (κ1) is 11.2. The van der Waals surface area contributed by atoms with Crippen LogP contribution < -0.4 is 15.8 Å². The number of nitrogen functional groups attached to an aromatic ring is 1. The maximum absolute atomic E-state index is 5.69. The Kier molecular flexibility index (Phi) is 3.40. The molecule has 1 heterocycles. The molecule has 0 aliphatic carbocycles. The summed E-state index contributed by atoms with van der Waals surface area (Å²) in [6.07, 6.45) is 3.16. The van der Waals surface area contributed by atoms with Gasteiger partial charge in [0.15, 0.2) is 11.6 Å². The molecule has 5 heteroatoms. The minimum atomic E-state index is 0.391. The summed E-state index contributed by atoms with van der Waals surface area (Å²) < 4.78 is 5.26. The average Bonchev–Trinajstić information content (AvgIpc) is 2.38. The van der Waals surface area contributed by atoms with Crippen molar-refractivity contribution in [3.05, 3.63) is 42.2 Å². The first-order valence-corrected chi connectivity index (χ1v) is 5.23. The van der Waals surface area contributed by atoms with Gasteiger partial charge in [0, 0.05) is 24.5 Å². The Morgan fingerprint density at radius 3 is 2.76 bits per heavy atom. The minimum absolute atomic E-state index is 0.391. The fourth-order valence-electron chi connectivity index (χ4n) is 1.51. The fourth-order valence-corrected chi connectivity index (χ4v) is 1.51. The number of nitrogens with zero attached hydrogens (tertiary/aromatic N) is 2. The number of rotatable bonds is 4. The van der Waals surface area contributed by atoms with Crippen LogP contribution in [0.15, 0.2) is 36.7 Å². The Bertz CT molecular complexity index is 501. The zero-order valence-electron chi connectivity index (χ0n) is 9.55. The third-order valence-electron chi connectivity index (χ3n) is 2.37. The molecule has 5 nitrogen and oxygen atoms in total. The third-order valence-corrected chi connectivity index (χ3v) is 2.37. The number of nitrogens with two attached hydrogens (primary N) is 1. The van der Waals surface area contributed by atoms with E-state index in [1.54, 1.807) is 19.5 Å². The number of hydrogen-bond donors (Lipinski definition) is 2.